The van der Waals surface area contributed by atoms with Crippen molar-refractivity contribution in [2.75, 3.05) is 18.3 Å². The lowest BCUT2D eigenvalue weighted by Gasteiger charge is -2.16. The fraction of sp³-hybridized carbons (Fsp3) is 0.409. The van der Waals surface area contributed by atoms with Crippen molar-refractivity contribution in [3.63, 3.8) is 0 Å². The molecule has 0 spiro atoms. The minimum absolute atomic E-state index is 0.0283. The van der Waals surface area contributed by atoms with Gasteiger partial charge in [-0.3, -0.25) is 4.39 Å². The Morgan fingerprint density at radius 3 is 2.63 bits per heavy atom. The Balaban J connectivity index is 2.29. The number of alkyl halides is 1. The molecule has 1 aromatic heterocycles. The van der Waals surface area contributed by atoms with Crippen LogP contribution in [0.3, 0.4) is 0 Å². The van der Waals surface area contributed by atoms with E-state index >= 15 is 0 Å². The minimum Gasteiger partial charge on any atom is -0.318 e. The number of anilines is 1. The van der Waals surface area contributed by atoms with Gasteiger partial charge < -0.3 is 5.43 Å². The Bertz CT molecular complexity index is 910. The fourth-order valence-corrected chi connectivity index (χ4v) is 3.37. The first-order valence-electron chi connectivity index (χ1n) is 9.92. The molecule has 2 atom stereocenters. The summed E-state index contributed by atoms with van der Waals surface area (Å²) < 4.78 is 27.1. The lowest BCUT2D eigenvalue weighted by Crippen LogP contribution is -2.35. The average Bonchev–Trinajstić information content (AvgIpc) is 2.90. The van der Waals surface area contributed by atoms with Crippen LogP contribution in [0.25, 0.3) is 5.57 Å². The van der Waals surface area contributed by atoms with Crippen molar-refractivity contribution in [1.82, 2.24) is 15.4 Å². The molecular formula is C22H28F2N5P. The van der Waals surface area contributed by atoms with E-state index in [1.54, 1.807) is 19.3 Å². The van der Waals surface area contributed by atoms with Gasteiger partial charge in [0.15, 0.2) is 5.82 Å². The topological polar surface area (TPSA) is 73.6 Å². The SMILES string of the molecule is CCC1=C(F)C=C(/C(C#N)=C(\C)c2ncc(NNC(CP)CCF)cn2)C(C)=CC1. The van der Waals surface area contributed by atoms with Gasteiger partial charge >= 0.3 is 0 Å². The fourth-order valence-electron chi connectivity index (χ4n) is 3.02. The van der Waals surface area contributed by atoms with E-state index in [2.05, 4.69) is 36.1 Å². The van der Waals surface area contributed by atoms with Crippen molar-refractivity contribution in [3.8, 4) is 6.07 Å². The monoisotopic (exact) mass is 431 g/mol. The molecule has 2 N–H and O–H groups in total. The summed E-state index contributed by atoms with van der Waals surface area (Å²) in [6, 6.07) is 2.17. The third-order valence-electron chi connectivity index (χ3n) is 5.02. The lowest BCUT2D eigenvalue weighted by molar-refractivity contribution is 0.425. The number of hydrogen-bond donors (Lipinski definition) is 2. The highest BCUT2D eigenvalue weighted by Crippen LogP contribution is 2.32. The maximum atomic E-state index is 14.5. The zero-order valence-corrected chi connectivity index (χ0v) is 18.8. The Hall–Kier alpha value is -2.42. The summed E-state index contributed by atoms with van der Waals surface area (Å²) in [5, 5.41) is 9.78. The molecule has 1 aromatic rings. The van der Waals surface area contributed by atoms with Gasteiger partial charge in [0.2, 0.25) is 0 Å². The maximum absolute atomic E-state index is 14.5. The number of nitriles is 1. The molecule has 0 bridgehead atoms. The molecule has 30 heavy (non-hydrogen) atoms. The molecule has 5 nitrogen and oxygen atoms in total. The van der Waals surface area contributed by atoms with Crippen molar-refractivity contribution >= 4 is 20.5 Å². The molecule has 0 aromatic carbocycles. The van der Waals surface area contributed by atoms with Gasteiger partial charge in [-0.05, 0) is 62.1 Å². The summed E-state index contributed by atoms with van der Waals surface area (Å²) in [4.78, 5) is 8.67. The van der Waals surface area contributed by atoms with Crippen molar-refractivity contribution < 1.29 is 8.78 Å². The van der Waals surface area contributed by atoms with Crippen molar-refractivity contribution in [2.24, 2.45) is 0 Å². The third kappa shape index (κ3) is 6.04. The molecular weight excluding hydrogens is 403 g/mol. The van der Waals surface area contributed by atoms with Gasteiger partial charge in [0.1, 0.15) is 11.9 Å². The zero-order chi connectivity index (χ0) is 22.1. The summed E-state index contributed by atoms with van der Waals surface area (Å²) in [6.07, 6.45) is 8.82. The van der Waals surface area contributed by atoms with Crippen LogP contribution in [0.4, 0.5) is 14.5 Å². The second-order valence-electron chi connectivity index (χ2n) is 7.04. The van der Waals surface area contributed by atoms with Crippen LogP contribution in [0, 0.1) is 11.3 Å². The van der Waals surface area contributed by atoms with Crippen LogP contribution in [0.5, 0.6) is 0 Å². The van der Waals surface area contributed by atoms with E-state index in [4.69, 9.17) is 0 Å². The van der Waals surface area contributed by atoms with Crippen LogP contribution in [0.2, 0.25) is 0 Å². The highest BCUT2D eigenvalue weighted by atomic mass is 31.0. The number of hydrazine groups is 1. The number of nitrogens with zero attached hydrogens (tertiary/aromatic N) is 3. The Morgan fingerprint density at radius 1 is 1.37 bits per heavy atom. The van der Waals surface area contributed by atoms with E-state index in [1.165, 1.54) is 6.08 Å². The summed E-state index contributed by atoms with van der Waals surface area (Å²) in [5.74, 6) is 0.103. The normalized spacial score (nSPS) is 16.2. The molecule has 0 saturated carbocycles. The molecule has 0 fully saturated rings. The largest absolute Gasteiger partial charge is 0.318 e. The average molecular weight is 431 g/mol. The summed E-state index contributed by atoms with van der Waals surface area (Å²) in [6.45, 7) is 5.15. The van der Waals surface area contributed by atoms with Gasteiger partial charge in [-0.25, -0.2) is 19.8 Å². The summed E-state index contributed by atoms with van der Waals surface area (Å²) >= 11 is 0. The predicted octanol–water partition coefficient (Wildman–Crippen LogP) is 5.20. The van der Waals surface area contributed by atoms with E-state index in [1.807, 2.05) is 19.9 Å². The van der Waals surface area contributed by atoms with E-state index in [-0.39, 0.29) is 11.9 Å². The van der Waals surface area contributed by atoms with Gasteiger partial charge in [0, 0.05) is 11.6 Å². The first-order valence-corrected chi connectivity index (χ1v) is 10.7. The van der Waals surface area contributed by atoms with Gasteiger partial charge in [0.25, 0.3) is 0 Å². The standard InChI is InChI=1S/C22H28F2N5P/c1-4-16-6-5-14(2)19(9-21(16)24)20(10-25)15(3)22-26-11-18(12-27-22)29-28-17(13-30)7-8-23/h5,9,11-12,17,28-29H,4,6-8,13,30H2,1-3H3/b20-15+. The number of rotatable bonds is 9. The number of aromatic nitrogens is 2. The molecule has 1 aliphatic rings. The Morgan fingerprint density at radius 2 is 2.07 bits per heavy atom. The number of halogens is 2. The van der Waals surface area contributed by atoms with Gasteiger partial charge in [0.05, 0.1) is 30.3 Å². The first kappa shape index (κ1) is 23.9. The van der Waals surface area contributed by atoms with E-state index in [0.29, 0.717) is 53.7 Å². The van der Waals surface area contributed by atoms with Crippen LogP contribution < -0.4 is 10.9 Å². The third-order valence-corrected chi connectivity index (χ3v) is 5.59. The predicted molar refractivity (Wildman–Crippen MR) is 121 cm³/mol. The first-order chi connectivity index (χ1) is 14.4. The molecule has 0 amide bonds. The quantitative estimate of drug-likeness (QED) is 0.319. The van der Waals surface area contributed by atoms with Crippen molar-refractivity contribution in [2.45, 2.75) is 46.1 Å². The molecule has 8 heteroatoms. The van der Waals surface area contributed by atoms with Crippen LogP contribution in [-0.2, 0) is 0 Å². The molecule has 1 aliphatic carbocycles. The van der Waals surface area contributed by atoms with E-state index in [9.17, 15) is 14.0 Å². The summed E-state index contributed by atoms with van der Waals surface area (Å²) in [5.41, 5.74) is 9.67. The highest BCUT2D eigenvalue weighted by molar-refractivity contribution is 7.16. The van der Waals surface area contributed by atoms with E-state index in [0.717, 1.165) is 11.1 Å². The second-order valence-corrected chi connectivity index (χ2v) is 7.51. The van der Waals surface area contributed by atoms with Crippen molar-refractivity contribution in [3.05, 3.63) is 58.5 Å². The maximum Gasteiger partial charge on any atom is 0.156 e. The summed E-state index contributed by atoms with van der Waals surface area (Å²) in [7, 11) is 2.58. The molecule has 1 heterocycles. The number of nitrogens with one attached hydrogen (secondary N) is 2. The number of allylic oxidation sites excluding steroid dienone is 8. The number of hydrogen-bond acceptors (Lipinski definition) is 5. The van der Waals surface area contributed by atoms with Crippen LogP contribution in [-0.4, -0.2) is 28.8 Å². The highest BCUT2D eigenvalue weighted by Gasteiger charge is 2.18. The van der Waals surface area contributed by atoms with Gasteiger partial charge in [-0.1, -0.05) is 13.0 Å². The zero-order valence-electron chi connectivity index (χ0n) is 17.6. The van der Waals surface area contributed by atoms with Crippen LogP contribution in [0.15, 0.2) is 52.7 Å². The van der Waals surface area contributed by atoms with Crippen LogP contribution >= 0.6 is 9.24 Å². The molecule has 0 radical (unpaired) electrons. The molecule has 2 rings (SSSR count). The molecule has 2 unspecified atom stereocenters. The smallest absolute Gasteiger partial charge is 0.156 e. The van der Waals surface area contributed by atoms with Gasteiger partial charge in [-0.2, -0.15) is 5.26 Å². The Kier molecular flexibility index (Phi) is 9.29. The molecule has 160 valence electrons. The molecule has 0 saturated heterocycles. The van der Waals surface area contributed by atoms with E-state index < -0.39 is 6.67 Å². The van der Waals surface area contributed by atoms with Crippen LogP contribution in [0.1, 0.15) is 45.9 Å². The lowest BCUT2D eigenvalue weighted by atomic mass is 9.95. The Labute approximate surface area is 179 Å². The van der Waals surface area contributed by atoms with Crippen molar-refractivity contribution in [1.29, 1.82) is 5.26 Å². The second kappa shape index (κ2) is 11.7. The van der Waals surface area contributed by atoms with Gasteiger partial charge in [-0.15, -0.1) is 9.24 Å². The molecule has 0 aliphatic heterocycles. The minimum atomic E-state index is -0.399.